The number of fused-ring (bicyclic) bond motifs is 1. The number of rotatable bonds is 5. The Morgan fingerprint density at radius 3 is 2.64 bits per heavy atom. The Morgan fingerprint density at radius 2 is 2.00 bits per heavy atom. The van der Waals surface area contributed by atoms with Crippen LogP contribution >= 0.6 is 0 Å². The Bertz CT molecular complexity index is 1280. The van der Waals surface area contributed by atoms with Gasteiger partial charge in [-0.2, -0.15) is 5.10 Å². The van der Waals surface area contributed by atoms with Crippen LogP contribution < -0.4 is 5.32 Å². The number of hydrogen-bond acceptors (Lipinski definition) is 3. The molecule has 3 aromatic rings. The van der Waals surface area contributed by atoms with E-state index in [0.717, 1.165) is 34.9 Å². The summed E-state index contributed by atoms with van der Waals surface area (Å²) in [5.41, 5.74) is 5.23. The first-order valence-corrected chi connectivity index (χ1v) is 12.3. The number of nitrogens with zero attached hydrogens (tertiary/aromatic N) is 3. The van der Waals surface area contributed by atoms with Gasteiger partial charge in [0.2, 0.25) is 0 Å². The van der Waals surface area contributed by atoms with Gasteiger partial charge in [-0.15, -0.1) is 5.92 Å². The highest BCUT2D eigenvalue weighted by atomic mass is 16.1. The second-order valence-corrected chi connectivity index (χ2v) is 10.3. The van der Waals surface area contributed by atoms with Gasteiger partial charge in [-0.1, -0.05) is 18.4 Å². The molecule has 5 nitrogen and oxygen atoms in total. The fourth-order valence-electron chi connectivity index (χ4n) is 5.75. The van der Waals surface area contributed by atoms with Crippen molar-refractivity contribution in [2.24, 2.45) is 5.41 Å². The molecular weight excluding hydrogens is 408 g/mol. The zero-order valence-electron chi connectivity index (χ0n) is 19.4. The van der Waals surface area contributed by atoms with Gasteiger partial charge in [-0.05, 0) is 81.5 Å². The van der Waals surface area contributed by atoms with Crippen molar-refractivity contribution in [1.82, 2.24) is 20.1 Å². The third-order valence-electron chi connectivity index (χ3n) is 8.02. The van der Waals surface area contributed by atoms with Crippen LogP contribution in [-0.2, 0) is 0 Å². The van der Waals surface area contributed by atoms with E-state index in [-0.39, 0.29) is 18.0 Å². The van der Waals surface area contributed by atoms with Crippen molar-refractivity contribution in [2.45, 2.75) is 76.8 Å². The summed E-state index contributed by atoms with van der Waals surface area (Å²) in [6.45, 7) is 3.95. The van der Waals surface area contributed by atoms with Gasteiger partial charge in [0, 0.05) is 34.8 Å². The van der Waals surface area contributed by atoms with Crippen LogP contribution in [0.4, 0.5) is 0 Å². The number of amides is 1. The second kappa shape index (κ2) is 7.73. The number of hydrogen-bond donors (Lipinski definition) is 1. The summed E-state index contributed by atoms with van der Waals surface area (Å²) in [5, 5.41) is 8.95. The van der Waals surface area contributed by atoms with Crippen molar-refractivity contribution in [3.05, 3.63) is 59.0 Å². The van der Waals surface area contributed by atoms with E-state index >= 15 is 0 Å². The van der Waals surface area contributed by atoms with Crippen LogP contribution in [-0.4, -0.2) is 26.7 Å². The number of carbonyl (C=O) groups excluding carboxylic acids is 1. The first-order valence-electron chi connectivity index (χ1n) is 12.3. The molecule has 0 saturated heterocycles. The monoisotopic (exact) mass is 438 g/mol. The Kier molecular flexibility index (Phi) is 4.79. The number of nitrogens with one attached hydrogen (secondary N) is 1. The molecule has 1 N–H and O–H groups in total. The molecule has 2 aromatic heterocycles. The van der Waals surface area contributed by atoms with E-state index in [9.17, 15) is 4.79 Å². The van der Waals surface area contributed by atoms with Crippen molar-refractivity contribution < 1.29 is 4.79 Å². The molecule has 0 aliphatic heterocycles. The van der Waals surface area contributed by atoms with Crippen LogP contribution in [0, 0.1) is 17.3 Å². The summed E-state index contributed by atoms with van der Waals surface area (Å²) in [6.07, 6.45) is 12.5. The largest absolute Gasteiger partial charge is 0.349 e. The van der Waals surface area contributed by atoms with E-state index < -0.39 is 0 Å². The molecule has 5 heteroatoms. The molecular formula is C28H30N4O. The van der Waals surface area contributed by atoms with Gasteiger partial charge in [0.05, 0.1) is 23.3 Å². The van der Waals surface area contributed by atoms with Crippen molar-refractivity contribution in [3.8, 4) is 11.8 Å². The SMILES string of the molecule is CC#Cc1ccc(C(=O)NC2CC3(CCC3)C2)c2c1cnn2[C@@H](C)c1ccc(C2CC2)nc1. The normalized spacial score (nSPS) is 19.9. The van der Waals surface area contributed by atoms with E-state index in [1.165, 1.54) is 37.8 Å². The Hall–Kier alpha value is -3.13. The van der Waals surface area contributed by atoms with Gasteiger partial charge in [-0.3, -0.25) is 14.5 Å². The predicted octanol–water partition coefficient (Wildman–Crippen LogP) is 5.35. The quantitative estimate of drug-likeness (QED) is 0.546. The summed E-state index contributed by atoms with van der Waals surface area (Å²) in [6, 6.07) is 8.40. The summed E-state index contributed by atoms with van der Waals surface area (Å²) in [4.78, 5) is 18.1. The van der Waals surface area contributed by atoms with Crippen LogP contribution in [0.5, 0.6) is 0 Å². The third kappa shape index (κ3) is 3.53. The average Bonchev–Trinajstić information content (AvgIpc) is 3.53. The molecule has 168 valence electrons. The van der Waals surface area contributed by atoms with Gasteiger partial charge in [0.1, 0.15) is 0 Å². The lowest BCUT2D eigenvalue weighted by atomic mass is 9.54. The van der Waals surface area contributed by atoms with E-state index in [4.69, 9.17) is 10.1 Å². The van der Waals surface area contributed by atoms with Gasteiger partial charge in [-0.25, -0.2) is 0 Å². The highest BCUT2D eigenvalue weighted by Gasteiger charge is 2.48. The summed E-state index contributed by atoms with van der Waals surface area (Å²) in [7, 11) is 0. The number of pyridine rings is 1. The maximum Gasteiger partial charge on any atom is 0.253 e. The van der Waals surface area contributed by atoms with Gasteiger partial charge >= 0.3 is 0 Å². The number of carbonyl (C=O) groups is 1. The molecule has 1 atom stereocenters. The number of benzene rings is 1. The first-order chi connectivity index (χ1) is 16.1. The number of aromatic nitrogens is 3. The molecule has 3 saturated carbocycles. The van der Waals surface area contributed by atoms with E-state index in [2.05, 4.69) is 36.2 Å². The zero-order valence-corrected chi connectivity index (χ0v) is 19.4. The van der Waals surface area contributed by atoms with Crippen molar-refractivity contribution in [1.29, 1.82) is 0 Å². The smallest absolute Gasteiger partial charge is 0.253 e. The molecule has 6 rings (SSSR count). The third-order valence-corrected chi connectivity index (χ3v) is 8.02. The highest BCUT2D eigenvalue weighted by Crippen LogP contribution is 2.55. The summed E-state index contributed by atoms with van der Waals surface area (Å²) in [5.74, 6) is 6.80. The topological polar surface area (TPSA) is 59.8 Å². The van der Waals surface area contributed by atoms with E-state index in [1.807, 2.05) is 36.1 Å². The molecule has 3 aliphatic carbocycles. The molecule has 0 radical (unpaired) electrons. The average molecular weight is 439 g/mol. The molecule has 1 aromatic carbocycles. The second-order valence-electron chi connectivity index (χ2n) is 10.3. The van der Waals surface area contributed by atoms with Crippen LogP contribution in [0.25, 0.3) is 10.9 Å². The van der Waals surface area contributed by atoms with Crippen LogP contribution in [0.2, 0.25) is 0 Å². The molecule has 1 spiro atoms. The first kappa shape index (κ1) is 20.5. The minimum atomic E-state index is -0.0402. The lowest BCUT2D eigenvalue weighted by Crippen LogP contribution is -2.53. The van der Waals surface area contributed by atoms with Crippen LogP contribution in [0.3, 0.4) is 0 Å². The fraction of sp³-hybridized carbons (Fsp3) is 0.464. The minimum Gasteiger partial charge on any atom is -0.349 e. The van der Waals surface area contributed by atoms with E-state index in [1.54, 1.807) is 0 Å². The molecule has 0 unspecified atom stereocenters. The predicted molar refractivity (Wildman–Crippen MR) is 129 cm³/mol. The van der Waals surface area contributed by atoms with Crippen LogP contribution in [0.15, 0.2) is 36.7 Å². The molecule has 3 aliphatic rings. The molecule has 1 amide bonds. The molecule has 2 heterocycles. The van der Waals surface area contributed by atoms with Crippen molar-refractivity contribution >= 4 is 16.8 Å². The molecule has 3 fully saturated rings. The van der Waals surface area contributed by atoms with Gasteiger partial charge < -0.3 is 5.32 Å². The standard InChI is InChI=1S/C28H30N4O/c1-3-5-19-8-10-23(27(33)31-22-14-28(15-22)12-4-13-28)26-24(19)17-30-32(26)18(2)21-9-11-25(29-16-21)20-6-7-20/h8-11,16-18,20,22H,4,6-7,12-15H2,1-2H3,(H,31,33)/t18-/m0/s1. The molecule has 33 heavy (non-hydrogen) atoms. The Labute approximate surface area is 195 Å². The maximum absolute atomic E-state index is 13.4. The lowest BCUT2D eigenvalue weighted by molar-refractivity contribution is -0.000604. The zero-order chi connectivity index (χ0) is 22.6. The minimum absolute atomic E-state index is 0.00802. The van der Waals surface area contributed by atoms with Gasteiger partial charge in [0.15, 0.2) is 0 Å². The summed E-state index contributed by atoms with van der Waals surface area (Å²) >= 11 is 0. The molecule has 0 bridgehead atoms. The Balaban J connectivity index is 1.34. The van der Waals surface area contributed by atoms with Gasteiger partial charge in [0.25, 0.3) is 5.91 Å². The van der Waals surface area contributed by atoms with E-state index in [0.29, 0.717) is 16.9 Å². The Morgan fingerprint density at radius 1 is 1.18 bits per heavy atom. The van der Waals surface area contributed by atoms with Crippen LogP contribution in [0.1, 0.15) is 97.9 Å². The fourth-order valence-corrected chi connectivity index (χ4v) is 5.75. The lowest BCUT2D eigenvalue weighted by Gasteiger charge is -2.54. The summed E-state index contributed by atoms with van der Waals surface area (Å²) < 4.78 is 1.97. The maximum atomic E-state index is 13.4. The van der Waals surface area contributed by atoms with Crippen molar-refractivity contribution in [2.75, 3.05) is 0 Å². The highest BCUT2D eigenvalue weighted by molar-refractivity contribution is 6.07. The van der Waals surface area contributed by atoms with Crippen molar-refractivity contribution in [3.63, 3.8) is 0 Å².